The number of pyridine rings is 2. The third-order valence-electron chi connectivity index (χ3n) is 10.9. The second-order valence-corrected chi connectivity index (χ2v) is 14.6. The molecule has 51 heavy (non-hydrogen) atoms. The number of aryl methyl sites for hydroxylation is 2. The zero-order valence-electron chi connectivity index (χ0n) is 28.5. The molecule has 0 saturated carbocycles. The van der Waals surface area contributed by atoms with Gasteiger partial charge in [-0.15, -0.1) is 0 Å². The Morgan fingerprint density at radius 3 is 2.00 bits per heavy atom. The highest BCUT2D eigenvalue weighted by Crippen LogP contribution is 2.47. The standard InChI is InChI=1S/C39H39Cl2N5O5/c1-50-37-33-20(9-12-28(33)42-17-23-11-14-32(47)43-23)15-29(44-37)26-7-3-5-24(35(26)40)25-6-4-8-27(36(25)41)30-16-21-10-13-31(34(21)38(45-30)51-2)46-18-22(19-46)39(48)49/h3-8,15-16,22-23,28,31,42H,9-14,17-19H2,1-2H3,(H,43,47)(H,48,49)/t23-,28?,31-/m0/s1. The van der Waals surface area contributed by atoms with Crippen molar-refractivity contribution < 1.29 is 24.2 Å². The van der Waals surface area contributed by atoms with Crippen molar-refractivity contribution in [2.45, 2.75) is 56.7 Å². The molecule has 8 rings (SSSR count). The first kappa shape index (κ1) is 33.9. The molecular weight excluding hydrogens is 689 g/mol. The lowest BCUT2D eigenvalue weighted by Gasteiger charge is -2.41. The molecule has 264 valence electrons. The summed E-state index contributed by atoms with van der Waals surface area (Å²) in [4.78, 5) is 35.2. The summed E-state index contributed by atoms with van der Waals surface area (Å²) in [6.45, 7) is 1.77. The van der Waals surface area contributed by atoms with Crippen LogP contribution in [0, 0.1) is 5.92 Å². The first-order valence-electron chi connectivity index (χ1n) is 17.5. The van der Waals surface area contributed by atoms with Crippen LogP contribution in [0.1, 0.15) is 60.0 Å². The van der Waals surface area contributed by atoms with E-state index in [9.17, 15) is 14.7 Å². The minimum atomic E-state index is -0.747. The van der Waals surface area contributed by atoms with Crippen LogP contribution in [0.4, 0.5) is 0 Å². The summed E-state index contributed by atoms with van der Waals surface area (Å²) in [5, 5.41) is 17.1. The lowest BCUT2D eigenvalue weighted by Crippen LogP contribution is -2.51. The zero-order chi connectivity index (χ0) is 35.4. The maximum absolute atomic E-state index is 11.7. The Labute approximate surface area is 306 Å². The molecule has 12 heteroatoms. The topological polar surface area (TPSA) is 126 Å². The predicted molar refractivity (Wildman–Crippen MR) is 195 cm³/mol. The molecule has 4 aliphatic rings. The van der Waals surface area contributed by atoms with Gasteiger partial charge in [0.15, 0.2) is 0 Å². The number of likely N-dealkylation sites (tertiary alicyclic amines) is 1. The number of carbonyl (C=O) groups excluding carboxylic acids is 1. The summed E-state index contributed by atoms with van der Waals surface area (Å²) in [5.74, 6) is 0.158. The van der Waals surface area contributed by atoms with Crippen molar-refractivity contribution in [2.24, 2.45) is 5.92 Å². The summed E-state index contributed by atoms with van der Waals surface area (Å²) in [5.41, 5.74) is 8.94. The Morgan fingerprint density at radius 1 is 0.863 bits per heavy atom. The van der Waals surface area contributed by atoms with E-state index in [4.69, 9.17) is 42.6 Å². The van der Waals surface area contributed by atoms with Crippen molar-refractivity contribution in [3.63, 3.8) is 0 Å². The van der Waals surface area contributed by atoms with E-state index in [1.165, 1.54) is 5.56 Å². The lowest BCUT2D eigenvalue weighted by molar-refractivity contribution is -0.148. The molecule has 3 N–H and O–H groups in total. The average molecular weight is 729 g/mol. The summed E-state index contributed by atoms with van der Waals surface area (Å²) in [6, 6.07) is 16.3. The van der Waals surface area contributed by atoms with Crippen molar-refractivity contribution in [3.05, 3.63) is 80.8 Å². The number of rotatable bonds is 10. The number of nitrogens with one attached hydrogen (secondary N) is 2. The molecule has 0 bridgehead atoms. The molecular formula is C39H39Cl2N5O5. The second-order valence-electron chi connectivity index (χ2n) is 13.9. The molecule has 1 amide bonds. The fourth-order valence-electron chi connectivity index (χ4n) is 8.26. The van der Waals surface area contributed by atoms with E-state index in [0.717, 1.165) is 76.7 Å². The minimum absolute atomic E-state index is 0.0882. The van der Waals surface area contributed by atoms with Crippen molar-refractivity contribution in [2.75, 3.05) is 33.9 Å². The van der Waals surface area contributed by atoms with Gasteiger partial charge in [0.1, 0.15) is 0 Å². The lowest BCUT2D eigenvalue weighted by atomic mass is 9.95. The highest BCUT2D eigenvalue weighted by atomic mass is 35.5. The monoisotopic (exact) mass is 727 g/mol. The zero-order valence-corrected chi connectivity index (χ0v) is 30.0. The molecule has 2 aromatic carbocycles. The third-order valence-corrected chi connectivity index (χ3v) is 11.7. The van der Waals surface area contributed by atoms with Gasteiger partial charge in [-0.05, 0) is 55.4 Å². The molecule has 3 atom stereocenters. The van der Waals surface area contributed by atoms with Crippen LogP contribution in [-0.4, -0.2) is 71.7 Å². The molecule has 0 spiro atoms. The normalized spacial score (nSPS) is 21.3. The predicted octanol–water partition coefficient (Wildman–Crippen LogP) is 6.66. The summed E-state index contributed by atoms with van der Waals surface area (Å²) in [6.07, 6.45) is 4.95. The number of carboxylic acids is 1. The van der Waals surface area contributed by atoms with Crippen LogP contribution in [0.2, 0.25) is 10.0 Å². The molecule has 10 nitrogen and oxygen atoms in total. The molecule has 2 fully saturated rings. The highest BCUT2D eigenvalue weighted by Gasteiger charge is 2.41. The molecule has 1 unspecified atom stereocenters. The Morgan fingerprint density at radius 2 is 1.43 bits per heavy atom. The fraction of sp³-hybridized carbons (Fsp3) is 0.385. The number of carboxylic acid groups (broad SMARTS) is 1. The number of ether oxygens (including phenoxy) is 2. The SMILES string of the molecule is COc1nc(-c2cccc(-c3cccc(-c4cc5c(c(OC)n4)[C@@H](N4CC(C(=O)O)C4)CC5)c3Cl)c2Cl)cc2c1C(NC[C@@H]1CCC(=O)N1)CC2. The van der Waals surface area contributed by atoms with E-state index in [2.05, 4.69) is 27.7 Å². The second kappa shape index (κ2) is 13.7. The van der Waals surface area contributed by atoms with Gasteiger partial charge in [0.05, 0.1) is 41.6 Å². The minimum Gasteiger partial charge on any atom is -0.481 e. The number of fused-ring (bicyclic) bond motifs is 2. The maximum Gasteiger partial charge on any atom is 0.309 e. The Bertz CT molecular complexity index is 2050. The quantitative estimate of drug-likeness (QED) is 0.164. The van der Waals surface area contributed by atoms with Crippen LogP contribution < -0.4 is 20.1 Å². The first-order valence-corrected chi connectivity index (χ1v) is 18.2. The van der Waals surface area contributed by atoms with E-state index in [1.54, 1.807) is 14.2 Å². The van der Waals surface area contributed by atoms with Gasteiger partial charge < -0.3 is 25.2 Å². The van der Waals surface area contributed by atoms with Crippen molar-refractivity contribution in [1.29, 1.82) is 0 Å². The largest absolute Gasteiger partial charge is 0.481 e. The Balaban J connectivity index is 1.09. The molecule has 2 saturated heterocycles. The summed E-state index contributed by atoms with van der Waals surface area (Å²) in [7, 11) is 3.27. The molecule has 2 aliphatic heterocycles. The van der Waals surface area contributed by atoms with E-state index in [-0.39, 0.29) is 30.0 Å². The number of aromatic nitrogens is 2. The van der Waals surface area contributed by atoms with Crippen LogP contribution >= 0.6 is 23.2 Å². The van der Waals surface area contributed by atoms with Crippen LogP contribution in [0.25, 0.3) is 33.6 Å². The molecule has 2 aliphatic carbocycles. The fourth-order valence-corrected chi connectivity index (χ4v) is 8.91. The Hall–Kier alpha value is -4.22. The average Bonchev–Trinajstić information content (AvgIpc) is 3.84. The smallest absolute Gasteiger partial charge is 0.309 e. The number of aliphatic carboxylic acids is 1. The van der Waals surface area contributed by atoms with Gasteiger partial charge in [0.2, 0.25) is 17.7 Å². The molecule has 0 radical (unpaired) electrons. The summed E-state index contributed by atoms with van der Waals surface area (Å²) < 4.78 is 11.7. The Kier molecular flexibility index (Phi) is 9.12. The number of amides is 1. The number of hydrogen-bond donors (Lipinski definition) is 3. The first-order chi connectivity index (χ1) is 24.7. The van der Waals surface area contributed by atoms with Gasteiger partial charge in [-0.3, -0.25) is 14.5 Å². The van der Waals surface area contributed by atoms with E-state index in [1.807, 2.05) is 36.4 Å². The molecule has 4 aromatic rings. The maximum atomic E-state index is 11.7. The molecule has 2 aromatic heterocycles. The van der Waals surface area contributed by atoms with E-state index < -0.39 is 5.97 Å². The number of nitrogens with zero attached hydrogens (tertiary/aromatic N) is 3. The van der Waals surface area contributed by atoms with Crippen LogP contribution in [0.5, 0.6) is 11.8 Å². The van der Waals surface area contributed by atoms with Crippen LogP contribution in [0.3, 0.4) is 0 Å². The van der Waals surface area contributed by atoms with Crippen molar-refractivity contribution in [3.8, 4) is 45.4 Å². The van der Waals surface area contributed by atoms with Gasteiger partial charge in [-0.1, -0.05) is 59.6 Å². The number of hydrogen-bond acceptors (Lipinski definition) is 8. The van der Waals surface area contributed by atoms with Crippen molar-refractivity contribution >= 4 is 35.1 Å². The van der Waals surface area contributed by atoms with Gasteiger partial charge in [-0.25, -0.2) is 9.97 Å². The van der Waals surface area contributed by atoms with E-state index in [0.29, 0.717) is 53.6 Å². The molecule has 4 heterocycles. The number of methoxy groups -OCH3 is 2. The van der Waals surface area contributed by atoms with E-state index >= 15 is 0 Å². The third kappa shape index (κ3) is 6.12. The van der Waals surface area contributed by atoms with Crippen molar-refractivity contribution in [1.82, 2.24) is 25.5 Å². The van der Waals surface area contributed by atoms with Gasteiger partial charge in [0.25, 0.3) is 0 Å². The van der Waals surface area contributed by atoms with Gasteiger partial charge in [-0.2, -0.15) is 0 Å². The van der Waals surface area contributed by atoms with Crippen LogP contribution in [-0.2, 0) is 22.4 Å². The van der Waals surface area contributed by atoms with Gasteiger partial charge >= 0.3 is 5.97 Å². The number of benzene rings is 2. The number of halogens is 2. The van der Waals surface area contributed by atoms with Crippen LogP contribution in [0.15, 0.2) is 48.5 Å². The van der Waals surface area contributed by atoms with Gasteiger partial charge in [0, 0.05) is 77.6 Å². The summed E-state index contributed by atoms with van der Waals surface area (Å²) >= 11 is 14.4. The highest BCUT2D eigenvalue weighted by molar-refractivity contribution is 6.39. The number of carbonyl (C=O) groups is 2.